The number of ether oxygens (including phenoxy) is 2. The van der Waals surface area contributed by atoms with Crippen molar-refractivity contribution in [3.8, 4) is 28.5 Å². The molecule has 5 rings (SSSR count). The number of alkyl halides is 4. The van der Waals surface area contributed by atoms with Gasteiger partial charge in [0.2, 0.25) is 0 Å². The smallest absolute Gasteiger partial charge is 0.387 e. The maximum atomic E-state index is 13.1. The number of benzene rings is 1. The number of hydrogen-bond donors (Lipinski definition) is 1. The SMILES string of the molecule is Cn1cc(NC(=O)c2cnn3cccnc23)c(-c2cc(Oc3cnn(C(F)F)c3)ccc2OC(F)F)n1. The molecule has 5 aromatic rings. The van der Waals surface area contributed by atoms with Crippen LogP contribution in [0.2, 0.25) is 0 Å². The number of carbonyl (C=O) groups excluding carboxylic acids is 1. The summed E-state index contributed by atoms with van der Waals surface area (Å²) in [4.78, 5) is 17.2. The molecule has 0 spiro atoms. The first-order valence-corrected chi connectivity index (χ1v) is 10.5. The zero-order chi connectivity index (χ0) is 26.1. The Kier molecular flexibility index (Phi) is 6.17. The summed E-state index contributed by atoms with van der Waals surface area (Å²) in [6, 6.07) is 5.50. The van der Waals surface area contributed by atoms with E-state index in [0.29, 0.717) is 10.3 Å². The molecule has 0 aliphatic rings. The lowest BCUT2D eigenvalue weighted by atomic mass is 10.1. The lowest BCUT2D eigenvalue weighted by Crippen LogP contribution is -2.12. The van der Waals surface area contributed by atoms with Gasteiger partial charge in [-0.3, -0.25) is 9.48 Å². The van der Waals surface area contributed by atoms with Gasteiger partial charge in [0.15, 0.2) is 11.4 Å². The third kappa shape index (κ3) is 4.91. The summed E-state index contributed by atoms with van der Waals surface area (Å²) in [6.07, 6.45) is 8.00. The van der Waals surface area contributed by atoms with E-state index in [9.17, 15) is 22.4 Å². The van der Waals surface area contributed by atoms with Crippen molar-refractivity contribution in [2.75, 3.05) is 5.32 Å². The summed E-state index contributed by atoms with van der Waals surface area (Å²) < 4.78 is 65.3. The number of carbonyl (C=O) groups is 1. The second-order valence-corrected chi connectivity index (χ2v) is 7.54. The zero-order valence-electron chi connectivity index (χ0n) is 18.8. The summed E-state index contributed by atoms with van der Waals surface area (Å²) in [7, 11) is 1.57. The molecule has 4 heterocycles. The summed E-state index contributed by atoms with van der Waals surface area (Å²) in [6.45, 7) is -6.01. The molecule has 0 unspecified atom stereocenters. The van der Waals surface area contributed by atoms with Gasteiger partial charge in [-0.15, -0.1) is 0 Å². The van der Waals surface area contributed by atoms with Gasteiger partial charge in [0.25, 0.3) is 5.91 Å². The van der Waals surface area contributed by atoms with Crippen molar-refractivity contribution in [2.24, 2.45) is 7.05 Å². The third-order valence-electron chi connectivity index (χ3n) is 5.04. The molecule has 37 heavy (non-hydrogen) atoms. The highest BCUT2D eigenvalue weighted by atomic mass is 19.3. The van der Waals surface area contributed by atoms with Crippen LogP contribution in [0.25, 0.3) is 16.9 Å². The number of aromatic nitrogens is 7. The van der Waals surface area contributed by atoms with E-state index in [1.807, 2.05) is 0 Å². The molecular formula is C22H16F4N8O3. The molecule has 0 aliphatic heterocycles. The number of rotatable bonds is 8. The summed E-state index contributed by atoms with van der Waals surface area (Å²) >= 11 is 0. The molecule has 0 fully saturated rings. The molecule has 0 saturated carbocycles. The topological polar surface area (TPSA) is 113 Å². The van der Waals surface area contributed by atoms with Crippen molar-refractivity contribution in [3.63, 3.8) is 0 Å². The van der Waals surface area contributed by atoms with Gasteiger partial charge < -0.3 is 14.8 Å². The Morgan fingerprint density at radius 2 is 1.92 bits per heavy atom. The maximum absolute atomic E-state index is 13.1. The largest absolute Gasteiger partial charge is 0.454 e. The molecule has 1 aromatic carbocycles. The Bertz CT molecular complexity index is 1580. The minimum Gasteiger partial charge on any atom is -0.454 e. The van der Waals surface area contributed by atoms with Crippen LogP contribution in [0.5, 0.6) is 17.2 Å². The third-order valence-corrected chi connectivity index (χ3v) is 5.04. The predicted octanol–water partition coefficient (Wildman–Crippen LogP) is 4.37. The van der Waals surface area contributed by atoms with Gasteiger partial charge in [-0.25, -0.2) is 14.2 Å². The number of anilines is 1. The monoisotopic (exact) mass is 516 g/mol. The van der Waals surface area contributed by atoms with Crippen LogP contribution in [-0.4, -0.2) is 46.7 Å². The van der Waals surface area contributed by atoms with E-state index in [2.05, 4.69) is 30.3 Å². The van der Waals surface area contributed by atoms with Gasteiger partial charge in [0.1, 0.15) is 22.8 Å². The fourth-order valence-electron chi connectivity index (χ4n) is 3.53. The molecule has 0 saturated heterocycles. The fourth-order valence-corrected chi connectivity index (χ4v) is 3.53. The van der Waals surface area contributed by atoms with Crippen molar-refractivity contribution in [2.45, 2.75) is 13.2 Å². The maximum Gasteiger partial charge on any atom is 0.387 e. The number of aryl methyl sites for hydroxylation is 1. The minimum absolute atomic E-state index is 0.0103. The molecule has 11 nitrogen and oxygen atoms in total. The van der Waals surface area contributed by atoms with E-state index in [1.54, 1.807) is 19.3 Å². The molecule has 1 amide bonds. The van der Waals surface area contributed by atoms with Crippen LogP contribution >= 0.6 is 0 Å². The van der Waals surface area contributed by atoms with Gasteiger partial charge >= 0.3 is 13.2 Å². The van der Waals surface area contributed by atoms with Gasteiger partial charge in [0.05, 0.1) is 29.8 Å². The van der Waals surface area contributed by atoms with Crippen LogP contribution in [-0.2, 0) is 7.05 Å². The van der Waals surface area contributed by atoms with Gasteiger partial charge in [0, 0.05) is 25.6 Å². The van der Waals surface area contributed by atoms with Crippen LogP contribution in [0.15, 0.2) is 61.4 Å². The molecule has 0 radical (unpaired) electrons. The second kappa shape index (κ2) is 9.60. The normalized spacial score (nSPS) is 11.4. The molecule has 4 aromatic heterocycles. The molecule has 0 aliphatic carbocycles. The fraction of sp³-hybridized carbons (Fsp3) is 0.136. The van der Waals surface area contributed by atoms with Crippen LogP contribution < -0.4 is 14.8 Å². The highest BCUT2D eigenvalue weighted by molar-refractivity contribution is 6.09. The average Bonchev–Trinajstić information content (AvgIpc) is 3.58. The van der Waals surface area contributed by atoms with E-state index in [1.165, 1.54) is 46.0 Å². The van der Waals surface area contributed by atoms with E-state index in [4.69, 9.17) is 4.74 Å². The Balaban J connectivity index is 1.50. The lowest BCUT2D eigenvalue weighted by molar-refractivity contribution is -0.0494. The van der Waals surface area contributed by atoms with Crippen LogP contribution in [0.3, 0.4) is 0 Å². The van der Waals surface area contributed by atoms with Crippen molar-refractivity contribution < 1.29 is 31.8 Å². The van der Waals surface area contributed by atoms with Crippen LogP contribution in [0.4, 0.5) is 23.2 Å². The lowest BCUT2D eigenvalue weighted by Gasteiger charge is -2.13. The Hall–Kier alpha value is -4.95. The van der Waals surface area contributed by atoms with Crippen molar-refractivity contribution in [1.82, 2.24) is 34.2 Å². The average molecular weight is 516 g/mol. The number of nitrogens with zero attached hydrogens (tertiary/aromatic N) is 7. The Morgan fingerprint density at radius 1 is 1.08 bits per heavy atom. The summed E-state index contributed by atoms with van der Waals surface area (Å²) in [5.74, 6) is -0.729. The first kappa shape index (κ1) is 23.8. The first-order chi connectivity index (χ1) is 17.8. The highest BCUT2D eigenvalue weighted by Crippen LogP contribution is 2.38. The predicted molar refractivity (Wildman–Crippen MR) is 120 cm³/mol. The summed E-state index contributed by atoms with van der Waals surface area (Å²) in [5.41, 5.74) is 0.793. The van der Waals surface area contributed by atoms with Crippen LogP contribution in [0, 0.1) is 0 Å². The molecule has 15 heteroatoms. The van der Waals surface area contributed by atoms with Crippen LogP contribution in [0.1, 0.15) is 16.9 Å². The molecule has 190 valence electrons. The molecule has 1 N–H and O–H groups in total. The molecule has 0 atom stereocenters. The summed E-state index contributed by atoms with van der Waals surface area (Å²) in [5, 5.41) is 14.5. The van der Waals surface area contributed by atoms with Crippen molar-refractivity contribution in [3.05, 3.63) is 67.0 Å². The van der Waals surface area contributed by atoms with E-state index in [0.717, 1.165) is 12.4 Å². The quantitative estimate of drug-likeness (QED) is 0.305. The standard InChI is InChI=1S/C22H16F4N8O3/c1-32-11-16(30-20(35)15-9-29-33-6-2-5-27-19(15)33)18(31-32)14-7-12(3-4-17(14)37-22(25)26)36-13-8-28-34(10-13)21(23)24/h2-11,21-22H,1H3,(H,30,35). The highest BCUT2D eigenvalue weighted by Gasteiger charge is 2.22. The van der Waals surface area contributed by atoms with E-state index >= 15 is 0 Å². The number of hydrogen-bond acceptors (Lipinski definition) is 7. The van der Waals surface area contributed by atoms with Crippen molar-refractivity contribution in [1.29, 1.82) is 0 Å². The first-order valence-electron chi connectivity index (χ1n) is 10.5. The number of halogens is 4. The van der Waals surface area contributed by atoms with Gasteiger partial charge in [-0.1, -0.05) is 0 Å². The van der Waals surface area contributed by atoms with Gasteiger partial charge in [-0.05, 0) is 24.3 Å². The number of amides is 1. The zero-order valence-corrected chi connectivity index (χ0v) is 18.8. The number of fused-ring (bicyclic) bond motifs is 1. The number of nitrogens with one attached hydrogen (secondary N) is 1. The van der Waals surface area contributed by atoms with Gasteiger partial charge in [-0.2, -0.15) is 32.9 Å². The van der Waals surface area contributed by atoms with E-state index < -0.39 is 19.1 Å². The Labute approximate surface area is 204 Å². The molecular weight excluding hydrogens is 500 g/mol. The van der Waals surface area contributed by atoms with E-state index in [-0.39, 0.29) is 39.8 Å². The molecule has 0 bridgehead atoms. The van der Waals surface area contributed by atoms with Crippen molar-refractivity contribution >= 4 is 17.2 Å². The Morgan fingerprint density at radius 3 is 2.68 bits per heavy atom. The minimum atomic E-state index is -3.15. The second-order valence-electron chi connectivity index (χ2n) is 7.54.